The quantitative estimate of drug-likeness (QED) is 0.235. The zero-order valence-corrected chi connectivity index (χ0v) is 26.6. The number of aryl methyl sites for hydroxylation is 1. The molecule has 0 radical (unpaired) electrons. The number of hydrogen-bond donors (Lipinski definition) is 2. The van der Waals surface area contributed by atoms with Crippen LogP contribution in [-0.4, -0.2) is 86.1 Å². The molecule has 4 aliphatic rings. The number of pyridine rings is 1. The van der Waals surface area contributed by atoms with Crippen LogP contribution in [0.5, 0.6) is 6.01 Å². The van der Waals surface area contributed by atoms with E-state index >= 15 is 4.39 Å². The molecule has 3 aromatic heterocycles. The van der Waals surface area contributed by atoms with Gasteiger partial charge in [-0.15, -0.1) is 0 Å². The number of piperazine rings is 1. The second kappa shape index (κ2) is 11.5. The first-order valence-corrected chi connectivity index (χ1v) is 16.2. The van der Waals surface area contributed by atoms with Crippen molar-refractivity contribution in [3.8, 4) is 23.3 Å². The molecule has 262 valence electrons. The van der Waals surface area contributed by atoms with Crippen LogP contribution >= 0.6 is 0 Å². The number of aromatic nitrogens is 5. The van der Waals surface area contributed by atoms with E-state index in [0.717, 1.165) is 18.7 Å². The molecule has 0 amide bonds. The van der Waals surface area contributed by atoms with Crippen molar-refractivity contribution in [3.63, 3.8) is 0 Å². The molecule has 0 spiro atoms. The van der Waals surface area contributed by atoms with Crippen LogP contribution in [-0.2, 0) is 6.18 Å². The summed E-state index contributed by atoms with van der Waals surface area (Å²) >= 11 is 0. The van der Waals surface area contributed by atoms with Crippen molar-refractivity contribution in [1.82, 2.24) is 35.4 Å². The van der Waals surface area contributed by atoms with Crippen LogP contribution in [0.4, 0.5) is 36.6 Å². The summed E-state index contributed by atoms with van der Waals surface area (Å²) in [6.45, 7) is 2.46. The van der Waals surface area contributed by atoms with Crippen molar-refractivity contribution in [3.05, 3.63) is 47.1 Å². The van der Waals surface area contributed by atoms with Gasteiger partial charge >= 0.3 is 12.2 Å². The van der Waals surface area contributed by atoms with Crippen LogP contribution in [0.15, 0.2) is 24.4 Å². The second-order valence-corrected chi connectivity index (χ2v) is 13.8. The Hall–Kier alpha value is -4.56. The number of benzene rings is 1. The van der Waals surface area contributed by atoms with E-state index < -0.39 is 57.7 Å². The minimum Gasteiger partial charge on any atom is -0.461 e. The molecule has 0 saturated carbocycles. The molecule has 2 N–H and O–H groups in total. The molecular weight excluding hydrogens is 671 g/mol. The summed E-state index contributed by atoms with van der Waals surface area (Å²) in [6, 6.07) is 2.43. The van der Waals surface area contributed by atoms with Crippen LogP contribution in [0.3, 0.4) is 0 Å². The molecule has 1 aromatic carbocycles. The number of nitriles is 1. The predicted molar refractivity (Wildman–Crippen MR) is 167 cm³/mol. The lowest BCUT2D eigenvalue weighted by atomic mass is 9.93. The molecule has 50 heavy (non-hydrogen) atoms. The topological polar surface area (TPSA) is 119 Å². The van der Waals surface area contributed by atoms with Gasteiger partial charge in [-0.25, -0.2) is 8.78 Å². The molecular formula is C33H30F7N9O. The molecule has 4 atom stereocenters. The van der Waals surface area contributed by atoms with Crippen molar-refractivity contribution in [2.24, 2.45) is 0 Å². The van der Waals surface area contributed by atoms with Crippen molar-refractivity contribution in [2.75, 3.05) is 37.7 Å². The van der Waals surface area contributed by atoms with Crippen molar-refractivity contribution in [1.29, 1.82) is 5.26 Å². The van der Waals surface area contributed by atoms with Crippen LogP contribution in [0, 0.1) is 24.1 Å². The Morgan fingerprint density at radius 1 is 1.22 bits per heavy atom. The van der Waals surface area contributed by atoms with E-state index in [9.17, 15) is 31.6 Å². The third-order valence-corrected chi connectivity index (χ3v) is 10.6. The second-order valence-electron chi connectivity index (χ2n) is 13.8. The van der Waals surface area contributed by atoms with Gasteiger partial charge in [-0.1, -0.05) is 0 Å². The smallest absolute Gasteiger partial charge is 0.417 e. The van der Waals surface area contributed by atoms with Gasteiger partial charge in [0.2, 0.25) is 0 Å². The number of anilines is 1. The maximum Gasteiger partial charge on any atom is 0.417 e. The molecule has 7 heterocycles. The Bertz CT molecular complexity index is 2110. The minimum absolute atomic E-state index is 0.0148. The molecule has 1 unspecified atom stereocenters. The van der Waals surface area contributed by atoms with E-state index in [1.165, 1.54) is 13.0 Å². The largest absolute Gasteiger partial charge is 0.461 e. The monoisotopic (exact) mass is 701 g/mol. The summed E-state index contributed by atoms with van der Waals surface area (Å²) < 4.78 is 109. The zero-order chi connectivity index (χ0) is 35.2. The highest BCUT2D eigenvalue weighted by Gasteiger charge is 2.50. The van der Waals surface area contributed by atoms with Gasteiger partial charge in [0.25, 0.3) is 6.08 Å². The van der Waals surface area contributed by atoms with E-state index in [0.29, 0.717) is 32.4 Å². The number of nitrogens with zero attached hydrogens (tertiary/aromatic N) is 7. The minimum atomic E-state index is -4.97. The van der Waals surface area contributed by atoms with Crippen LogP contribution in [0.1, 0.15) is 48.9 Å². The number of fused-ring (bicyclic) bond motifs is 5. The molecule has 2 bridgehead atoms. The van der Waals surface area contributed by atoms with Gasteiger partial charge in [-0.3, -0.25) is 15.0 Å². The van der Waals surface area contributed by atoms with Gasteiger partial charge in [-0.05, 0) is 50.8 Å². The van der Waals surface area contributed by atoms with Crippen molar-refractivity contribution >= 4 is 27.6 Å². The van der Waals surface area contributed by atoms with E-state index in [-0.39, 0.29) is 71.5 Å². The van der Waals surface area contributed by atoms with E-state index in [4.69, 9.17) is 4.74 Å². The number of rotatable bonds is 6. The van der Waals surface area contributed by atoms with Crippen LogP contribution in [0.2, 0.25) is 0 Å². The molecule has 8 rings (SSSR count). The summed E-state index contributed by atoms with van der Waals surface area (Å²) in [7, 11) is 0. The third kappa shape index (κ3) is 5.22. The summed E-state index contributed by atoms with van der Waals surface area (Å²) in [4.78, 5) is 16.9. The predicted octanol–water partition coefficient (Wildman–Crippen LogP) is 5.95. The highest BCUT2D eigenvalue weighted by atomic mass is 19.4. The van der Waals surface area contributed by atoms with Gasteiger partial charge in [0.05, 0.1) is 27.5 Å². The van der Waals surface area contributed by atoms with Crippen LogP contribution < -0.4 is 15.0 Å². The first-order chi connectivity index (χ1) is 23.8. The average molecular weight is 702 g/mol. The fourth-order valence-corrected chi connectivity index (χ4v) is 8.60. The Labute approximate surface area is 280 Å². The van der Waals surface area contributed by atoms with E-state index in [1.807, 2.05) is 4.90 Å². The number of H-pyrrole nitrogens is 1. The molecule has 4 fully saturated rings. The number of nitrogens with one attached hydrogen (secondary N) is 2. The highest BCUT2D eigenvalue weighted by molar-refractivity contribution is 6.02. The molecule has 0 aliphatic carbocycles. The standard InChI is InChI=1S/C33H30F7N9O/c1-16-7-20-23(21(10-41)47-46-20)24(25(16)33(38,39)40)28-26(37)27-19(11-42-28)29(48-13-18-3-5-31(14-48,45-18)9-22(35)36)44-30(43-27)50-15-32-4-2-6-49(32)12-17(34)8-32/h7,9,11,17-18,45H,2-6,8,12-15H2,1H3,(H,46,47)/t17-,18-,31-,32?/m1/s1. The first-order valence-electron chi connectivity index (χ1n) is 16.2. The molecule has 10 nitrogen and oxygen atoms in total. The maximum atomic E-state index is 17.0. The lowest BCUT2D eigenvalue weighted by molar-refractivity contribution is -0.137. The number of alkyl halides is 4. The van der Waals surface area contributed by atoms with Gasteiger partial charge in [0, 0.05) is 55.3 Å². The molecule has 4 saturated heterocycles. The Morgan fingerprint density at radius 2 is 2.04 bits per heavy atom. The lowest BCUT2D eigenvalue weighted by Crippen LogP contribution is -2.59. The molecule has 4 aliphatic heterocycles. The maximum absolute atomic E-state index is 17.0. The lowest BCUT2D eigenvalue weighted by Gasteiger charge is -2.40. The Kier molecular flexibility index (Phi) is 7.50. The van der Waals surface area contributed by atoms with Gasteiger partial charge < -0.3 is 15.0 Å². The molecule has 17 heteroatoms. The Morgan fingerprint density at radius 3 is 2.80 bits per heavy atom. The van der Waals surface area contributed by atoms with Gasteiger partial charge in [0.15, 0.2) is 11.5 Å². The SMILES string of the molecule is Cc1cc2[nH]nc(C#N)c2c(-c2ncc3c(N4C[C@H]5CC[C@@](C=C(F)F)(C4)N5)nc(OCC45CCCN4C[C@H](F)C5)nc3c2F)c1C(F)(F)F. The normalized spacial score (nSPS) is 26.5. The summed E-state index contributed by atoms with van der Waals surface area (Å²) in [6.07, 6.45) is -3.16. The van der Waals surface area contributed by atoms with E-state index in [2.05, 4.69) is 30.5 Å². The third-order valence-electron chi connectivity index (χ3n) is 10.6. The molecule has 4 aromatic rings. The van der Waals surface area contributed by atoms with Gasteiger partial charge in [-0.2, -0.15) is 42.3 Å². The summed E-state index contributed by atoms with van der Waals surface area (Å²) in [5.74, 6) is -1.12. The summed E-state index contributed by atoms with van der Waals surface area (Å²) in [5.41, 5.74) is -5.28. The average Bonchev–Trinajstić information content (AvgIpc) is 3.79. The Balaban J connectivity index is 1.32. The van der Waals surface area contributed by atoms with Crippen LogP contribution in [0.25, 0.3) is 33.1 Å². The summed E-state index contributed by atoms with van der Waals surface area (Å²) in [5, 5.41) is 19.1. The van der Waals surface area contributed by atoms with E-state index in [1.54, 1.807) is 11.0 Å². The zero-order valence-electron chi connectivity index (χ0n) is 26.6. The number of halogens is 7. The fraction of sp³-hybridized carbons (Fsp3) is 0.485. The number of aromatic amines is 1. The number of hydrogen-bond acceptors (Lipinski definition) is 9. The highest BCUT2D eigenvalue weighted by Crippen LogP contribution is 2.46. The van der Waals surface area contributed by atoms with Crippen molar-refractivity contribution < 1.29 is 35.5 Å². The fourth-order valence-electron chi connectivity index (χ4n) is 8.60. The van der Waals surface area contributed by atoms with Gasteiger partial charge in [0.1, 0.15) is 35.9 Å². The first kappa shape index (κ1) is 32.6. The van der Waals surface area contributed by atoms with Crippen molar-refractivity contribution in [2.45, 2.75) is 68.5 Å². The number of ether oxygens (including phenoxy) is 1.